The predicted molar refractivity (Wildman–Crippen MR) is 114 cm³/mol. The van der Waals surface area contributed by atoms with E-state index in [0.717, 1.165) is 42.3 Å². The van der Waals surface area contributed by atoms with Crippen LogP contribution in [-0.4, -0.2) is 48.0 Å². The maximum Gasteiger partial charge on any atom is 0.350 e. The fraction of sp³-hybridized carbons (Fsp3) is 0.455. The second kappa shape index (κ2) is 8.30. The summed E-state index contributed by atoms with van der Waals surface area (Å²) in [6, 6.07) is 11.6. The second-order valence-corrected chi connectivity index (χ2v) is 8.01. The van der Waals surface area contributed by atoms with E-state index in [1.807, 2.05) is 59.8 Å². The molecule has 1 aromatic carbocycles. The van der Waals surface area contributed by atoms with Gasteiger partial charge in [0.2, 0.25) is 5.91 Å². The first kappa shape index (κ1) is 20.1. The summed E-state index contributed by atoms with van der Waals surface area (Å²) in [5.41, 5.74) is 2.67. The third-order valence-electron chi connectivity index (χ3n) is 5.74. The van der Waals surface area contributed by atoms with Gasteiger partial charge in [0, 0.05) is 44.7 Å². The maximum absolute atomic E-state index is 12.9. The zero-order valence-electron chi connectivity index (χ0n) is 17.8. The van der Waals surface area contributed by atoms with Gasteiger partial charge >= 0.3 is 5.69 Å². The first-order valence-electron chi connectivity index (χ1n) is 10.4. The number of aromatic nitrogens is 5. The van der Waals surface area contributed by atoms with Gasteiger partial charge in [-0.2, -0.15) is 10.2 Å². The zero-order valence-corrected chi connectivity index (χ0v) is 17.8. The summed E-state index contributed by atoms with van der Waals surface area (Å²) >= 11 is 0. The van der Waals surface area contributed by atoms with Crippen LogP contribution in [0.1, 0.15) is 42.4 Å². The van der Waals surface area contributed by atoms with Crippen molar-refractivity contribution in [3.8, 4) is 5.69 Å². The van der Waals surface area contributed by atoms with Gasteiger partial charge in [0.1, 0.15) is 5.82 Å². The minimum absolute atomic E-state index is 0.0329. The molecule has 158 valence electrons. The molecule has 0 N–H and O–H groups in total. The number of carbonyl (C=O) groups excluding carboxylic acids is 1. The Kier molecular flexibility index (Phi) is 5.57. The monoisotopic (exact) mass is 408 g/mol. The third kappa shape index (κ3) is 3.94. The molecule has 1 saturated heterocycles. The first-order valence-corrected chi connectivity index (χ1v) is 10.4. The molecule has 3 heterocycles. The van der Waals surface area contributed by atoms with Crippen molar-refractivity contribution >= 4 is 5.91 Å². The number of carbonyl (C=O) groups is 1. The number of nitrogens with zero attached hydrogens (tertiary/aromatic N) is 6. The average Bonchev–Trinajstić information content (AvgIpc) is 3.24. The van der Waals surface area contributed by atoms with Crippen LogP contribution in [0.15, 0.2) is 41.2 Å². The Balaban J connectivity index is 1.51. The molecule has 30 heavy (non-hydrogen) atoms. The second-order valence-electron chi connectivity index (χ2n) is 8.01. The number of hydrogen-bond donors (Lipinski definition) is 0. The molecular weight excluding hydrogens is 380 g/mol. The molecule has 8 nitrogen and oxygen atoms in total. The minimum atomic E-state index is -0.163. The molecule has 0 aliphatic carbocycles. The van der Waals surface area contributed by atoms with Gasteiger partial charge < -0.3 is 4.90 Å². The number of hydrogen-bond acceptors (Lipinski definition) is 4. The first-order chi connectivity index (χ1) is 14.4. The van der Waals surface area contributed by atoms with Crippen LogP contribution in [0.2, 0.25) is 0 Å². The van der Waals surface area contributed by atoms with Crippen molar-refractivity contribution in [1.29, 1.82) is 0 Å². The summed E-state index contributed by atoms with van der Waals surface area (Å²) in [5.74, 6) is 0.882. The Hall–Kier alpha value is -3.16. The van der Waals surface area contributed by atoms with Crippen LogP contribution in [-0.2, 0) is 18.4 Å². The molecule has 1 aliphatic heterocycles. The third-order valence-corrected chi connectivity index (χ3v) is 5.74. The van der Waals surface area contributed by atoms with E-state index >= 15 is 0 Å². The van der Waals surface area contributed by atoms with E-state index in [-0.39, 0.29) is 17.5 Å². The van der Waals surface area contributed by atoms with Gasteiger partial charge in [-0.1, -0.05) is 18.2 Å². The lowest BCUT2D eigenvalue weighted by atomic mass is 9.96. The van der Waals surface area contributed by atoms with Gasteiger partial charge in [0.05, 0.1) is 11.4 Å². The fourth-order valence-electron chi connectivity index (χ4n) is 4.24. The highest BCUT2D eigenvalue weighted by molar-refractivity contribution is 5.76. The van der Waals surface area contributed by atoms with E-state index in [9.17, 15) is 9.59 Å². The lowest BCUT2D eigenvalue weighted by molar-refractivity contribution is -0.132. The quantitative estimate of drug-likeness (QED) is 0.648. The molecule has 1 atom stereocenters. The van der Waals surface area contributed by atoms with Gasteiger partial charge in [0.15, 0.2) is 0 Å². The number of rotatable bonds is 5. The number of para-hydroxylation sites is 1. The van der Waals surface area contributed by atoms with Crippen LogP contribution < -0.4 is 5.69 Å². The minimum Gasteiger partial charge on any atom is -0.342 e. The SMILES string of the molecule is Cc1cc(C)n(CCC(=O)N2CCCC(c3nn(C)c(=O)n3-c3ccccc3)C2)n1. The number of benzene rings is 1. The van der Waals surface area contributed by atoms with Crippen molar-refractivity contribution < 1.29 is 4.79 Å². The maximum atomic E-state index is 12.9. The molecule has 8 heteroatoms. The van der Waals surface area contributed by atoms with E-state index < -0.39 is 0 Å². The number of piperidine rings is 1. The van der Waals surface area contributed by atoms with Crippen LogP contribution in [0, 0.1) is 13.8 Å². The van der Waals surface area contributed by atoms with E-state index in [4.69, 9.17) is 0 Å². The van der Waals surface area contributed by atoms with Crippen LogP contribution >= 0.6 is 0 Å². The Morgan fingerprint density at radius 2 is 1.93 bits per heavy atom. The normalized spacial score (nSPS) is 16.8. The van der Waals surface area contributed by atoms with E-state index in [1.165, 1.54) is 4.68 Å². The summed E-state index contributed by atoms with van der Waals surface area (Å²) in [4.78, 5) is 27.5. The molecule has 0 spiro atoms. The number of aryl methyl sites for hydroxylation is 4. The lowest BCUT2D eigenvalue weighted by Gasteiger charge is -2.32. The van der Waals surface area contributed by atoms with Gasteiger partial charge in [-0.15, -0.1) is 0 Å². The molecule has 0 radical (unpaired) electrons. The topological polar surface area (TPSA) is 78.0 Å². The summed E-state index contributed by atoms with van der Waals surface area (Å²) < 4.78 is 4.95. The van der Waals surface area contributed by atoms with Gasteiger partial charge in [-0.05, 0) is 44.9 Å². The van der Waals surface area contributed by atoms with Crippen molar-refractivity contribution in [2.75, 3.05) is 13.1 Å². The fourth-order valence-corrected chi connectivity index (χ4v) is 4.24. The van der Waals surface area contributed by atoms with Crippen molar-refractivity contribution in [2.45, 2.75) is 45.6 Å². The molecule has 0 saturated carbocycles. The van der Waals surface area contributed by atoms with Crippen molar-refractivity contribution in [3.05, 3.63) is 64.1 Å². The van der Waals surface area contributed by atoms with E-state index in [1.54, 1.807) is 11.6 Å². The molecular formula is C22H28N6O2. The van der Waals surface area contributed by atoms with E-state index in [2.05, 4.69) is 10.2 Å². The van der Waals surface area contributed by atoms with Crippen molar-refractivity contribution in [1.82, 2.24) is 29.0 Å². The molecule has 1 fully saturated rings. The smallest absolute Gasteiger partial charge is 0.342 e. The van der Waals surface area contributed by atoms with Gasteiger partial charge in [-0.3, -0.25) is 9.48 Å². The highest BCUT2D eigenvalue weighted by Crippen LogP contribution is 2.27. The Labute approximate surface area is 175 Å². The van der Waals surface area contributed by atoms with Crippen LogP contribution in [0.3, 0.4) is 0 Å². The zero-order chi connectivity index (χ0) is 21.3. The molecule has 0 bridgehead atoms. The molecule has 3 aromatic rings. The molecule has 2 aromatic heterocycles. The highest BCUT2D eigenvalue weighted by Gasteiger charge is 2.29. The lowest BCUT2D eigenvalue weighted by Crippen LogP contribution is -2.40. The van der Waals surface area contributed by atoms with Crippen LogP contribution in [0.5, 0.6) is 0 Å². The van der Waals surface area contributed by atoms with Crippen molar-refractivity contribution in [2.24, 2.45) is 7.05 Å². The highest BCUT2D eigenvalue weighted by atomic mass is 16.2. The van der Waals surface area contributed by atoms with Gasteiger partial charge in [-0.25, -0.2) is 14.0 Å². The number of likely N-dealkylation sites (tertiary alicyclic amines) is 1. The Bertz CT molecular complexity index is 1090. The van der Waals surface area contributed by atoms with Gasteiger partial charge in [0.25, 0.3) is 0 Å². The summed E-state index contributed by atoms with van der Waals surface area (Å²) in [6.45, 7) is 5.87. The van der Waals surface area contributed by atoms with Crippen LogP contribution in [0.25, 0.3) is 5.69 Å². The molecule has 1 aliphatic rings. The predicted octanol–water partition coefficient (Wildman–Crippen LogP) is 2.18. The Morgan fingerprint density at radius 3 is 2.63 bits per heavy atom. The summed E-state index contributed by atoms with van der Waals surface area (Å²) in [7, 11) is 1.67. The largest absolute Gasteiger partial charge is 0.350 e. The average molecular weight is 409 g/mol. The summed E-state index contributed by atoms with van der Waals surface area (Å²) in [5, 5.41) is 8.97. The standard InChI is InChI=1S/C22H28N6O2/c1-16-14-17(2)27(23-16)13-11-20(29)26-12-7-8-18(15-26)21-24-25(3)22(30)28(21)19-9-5-4-6-10-19/h4-6,9-10,14,18H,7-8,11-13,15H2,1-3H3. The Morgan fingerprint density at radius 1 is 1.17 bits per heavy atom. The van der Waals surface area contributed by atoms with E-state index in [0.29, 0.717) is 19.5 Å². The summed E-state index contributed by atoms with van der Waals surface area (Å²) in [6.07, 6.45) is 2.22. The van der Waals surface area contributed by atoms with Crippen molar-refractivity contribution in [3.63, 3.8) is 0 Å². The number of amides is 1. The molecule has 4 rings (SSSR count). The molecule has 1 unspecified atom stereocenters. The molecule has 1 amide bonds. The van der Waals surface area contributed by atoms with Crippen LogP contribution in [0.4, 0.5) is 0 Å².